The molecule has 20 heavy (non-hydrogen) atoms. The Hall–Kier alpha value is -1.62. The summed E-state index contributed by atoms with van der Waals surface area (Å²) in [6.07, 6.45) is 5.26. The second-order valence-corrected chi connectivity index (χ2v) is 5.71. The molecule has 1 aliphatic heterocycles. The molecule has 0 saturated carbocycles. The first-order chi connectivity index (χ1) is 9.76. The summed E-state index contributed by atoms with van der Waals surface area (Å²) < 4.78 is 1.89. The van der Waals surface area contributed by atoms with Crippen molar-refractivity contribution in [1.29, 1.82) is 0 Å². The minimum atomic E-state index is 0.539. The van der Waals surface area contributed by atoms with Crippen LogP contribution in [0, 0.1) is 6.92 Å². The Labute approximate surface area is 120 Å². The number of hydrogen-bond donors (Lipinski definition) is 1. The van der Waals surface area contributed by atoms with Gasteiger partial charge in [-0.15, -0.1) is 0 Å². The van der Waals surface area contributed by atoms with Crippen LogP contribution in [0.5, 0.6) is 0 Å². The van der Waals surface area contributed by atoms with Crippen molar-refractivity contribution in [2.45, 2.75) is 39.2 Å². The van der Waals surface area contributed by atoms with Gasteiger partial charge in [0.2, 0.25) is 0 Å². The summed E-state index contributed by atoms with van der Waals surface area (Å²) in [4.78, 5) is 6.83. The second kappa shape index (κ2) is 5.79. The third-order valence-electron chi connectivity index (χ3n) is 4.00. The highest BCUT2D eigenvalue weighted by atomic mass is 15.3. The van der Waals surface area contributed by atoms with Crippen LogP contribution in [-0.4, -0.2) is 45.2 Å². The van der Waals surface area contributed by atoms with E-state index >= 15 is 0 Å². The van der Waals surface area contributed by atoms with Crippen molar-refractivity contribution in [1.82, 2.24) is 19.5 Å². The third-order valence-corrected chi connectivity index (χ3v) is 4.00. The summed E-state index contributed by atoms with van der Waals surface area (Å²) in [7, 11) is 0. The Balaban J connectivity index is 1.69. The molecule has 0 aromatic carbocycles. The number of rotatable bonds is 4. The summed E-state index contributed by atoms with van der Waals surface area (Å²) >= 11 is 0. The summed E-state index contributed by atoms with van der Waals surface area (Å²) in [6, 6.07) is 4.75. The van der Waals surface area contributed by atoms with E-state index in [-0.39, 0.29) is 0 Å². The van der Waals surface area contributed by atoms with Gasteiger partial charge in [-0.3, -0.25) is 0 Å². The van der Waals surface area contributed by atoms with Gasteiger partial charge < -0.3 is 10.2 Å². The average Bonchev–Trinajstić information content (AvgIpc) is 2.89. The number of aryl methyl sites for hydroxylation is 1. The zero-order chi connectivity index (χ0) is 13.9. The lowest BCUT2D eigenvalue weighted by Gasteiger charge is -2.32. The lowest BCUT2D eigenvalue weighted by Crippen LogP contribution is -2.39. The topological polar surface area (TPSA) is 45.5 Å². The normalized spacial score (nSPS) is 17.7. The van der Waals surface area contributed by atoms with Crippen molar-refractivity contribution < 1.29 is 0 Å². The highest BCUT2D eigenvalue weighted by molar-refractivity contribution is 5.51. The Kier molecular flexibility index (Phi) is 3.87. The molecule has 1 N–H and O–H groups in total. The number of pyridine rings is 1. The molecule has 2 aromatic rings. The van der Waals surface area contributed by atoms with Gasteiger partial charge in [0.1, 0.15) is 12.1 Å². The molecule has 3 heterocycles. The Morgan fingerprint density at radius 1 is 1.30 bits per heavy atom. The molecule has 0 aliphatic carbocycles. The van der Waals surface area contributed by atoms with Crippen LogP contribution in [0.4, 0.5) is 5.82 Å². The maximum absolute atomic E-state index is 4.30. The van der Waals surface area contributed by atoms with Crippen molar-refractivity contribution in [2.24, 2.45) is 0 Å². The Morgan fingerprint density at radius 3 is 2.85 bits per heavy atom. The van der Waals surface area contributed by atoms with Gasteiger partial charge in [0, 0.05) is 19.1 Å². The van der Waals surface area contributed by atoms with Crippen molar-refractivity contribution in [3.8, 4) is 0 Å². The van der Waals surface area contributed by atoms with Crippen molar-refractivity contribution in [3.63, 3.8) is 0 Å². The van der Waals surface area contributed by atoms with Gasteiger partial charge in [-0.2, -0.15) is 9.61 Å². The number of hydrogen-bond acceptors (Lipinski definition) is 4. The summed E-state index contributed by atoms with van der Waals surface area (Å²) in [5, 5.41) is 7.95. The van der Waals surface area contributed by atoms with Crippen LogP contribution in [0.1, 0.15) is 31.7 Å². The van der Waals surface area contributed by atoms with Crippen LogP contribution < -0.4 is 5.32 Å². The van der Waals surface area contributed by atoms with Crippen LogP contribution in [0.2, 0.25) is 0 Å². The van der Waals surface area contributed by atoms with Crippen LogP contribution in [0.3, 0.4) is 0 Å². The van der Waals surface area contributed by atoms with E-state index in [4.69, 9.17) is 0 Å². The van der Waals surface area contributed by atoms with E-state index in [0.29, 0.717) is 6.04 Å². The predicted molar refractivity (Wildman–Crippen MR) is 81.1 cm³/mol. The lowest BCUT2D eigenvalue weighted by atomic mass is 10.0. The third kappa shape index (κ3) is 2.77. The van der Waals surface area contributed by atoms with Crippen LogP contribution in [0.25, 0.3) is 5.65 Å². The fraction of sp³-hybridized carbons (Fsp3) is 0.600. The van der Waals surface area contributed by atoms with Crippen LogP contribution in [-0.2, 0) is 0 Å². The number of fused-ring (bicyclic) bond motifs is 1. The zero-order valence-corrected chi connectivity index (χ0v) is 12.3. The first-order valence-corrected chi connectivity index (χ1v) is 7.55. The maximum Gasteiger partial charge on any atom is 0.157 e. The van der Waals surface area contributed by atoms with Gasteiger partial charge in [-0.25, -0.2) is 4.98 Å². The standard InChI is InChI=1S/C15H23N5/c1-3-6-19-7-4-13(5-8-19)18-15-10-12(2)9-14-16-11-17-20(14)15/h9-11,13,18H,3-8H2,1-2H3. The molecule has 5 nitrogen and oxygen atoms in total. The Morgan fingerprint density at radius 2 is 2.10 bits per heavy atom. The SMILES string of the molecule is CCCN1CCC(Nc2cc(C)cc3ncnn23)CC1. The quantitative estimate of drug-likeness (QED) is 0.928. The fourth-order valence-electron chi connectivity index (χ4n) is 2.99. The molecule has 0 radical (unpaired) electrons. The largest absolute Gasteiger partial charge is 0.367 e. The number of piperidine rings is 1. The molecule has 3 rings (SSSR count). The van der Waals surface area contributed by atoms with Crippen LogP contribution in [0.15, 0.2) is 18.5 Å². The van der Waals surface area contributed by atoms with E-state index in [1.807, 2.05) is 4.52 Å². The lowest BCUT2D eigenvalue weighted by molar-refractivity contribution is 0.219. The molecule has 1 saturated heterocycles. The maximum atomic E-state index is 4.30. The van der Waals surface area contributed by atoms with Gasteiger partial charge in [-0.1, -0.05) is 6.92 Å². The minimum absolute atomic E-state index is 0.539. The van der Waals surface area contributed by atoms with Gasteiger partial charge >= 0.3 is 0 Å². The number of likely N-dealkylation sites (tertiary alicyclic amines) is 1. The second-order valence-electron chi connectivity index (χ2n) is 5.71. The van der Waals surface area contributed by atoms with Gasteiger partial charge in [-0.05, 0) is 50.4 Å². The molecule has 0 bridgehead atoms. The van der Waals surface area contributed by atoms with E-state index in [2.05, 4.69) is 46.3 Å². The molecule has 2 aromatic heterocycles. The number of nitrogens with zero attached hydrogens (tertiary/aromatic N) is 4. The molecule has 1 fully saturated rings. The summed E-state index contributed by atoms with van der Waals surface area (Å²) in [6.45, 7) is 7.96. The molecule has 5 heteroatoms. The van der Waals surface area contributed by atoms with E-state index in [1.165, 1.54) is 44.5 Å². The number of nitrogens with one attached hydrogen (secondary N) is 1. The highest BCUT2D eigenvalue weighted by Gasteiger charge is 2.19. The number of aromatic nitrogens is 3. The molecule has 0 atom stereocenters. The fourth-order valence-corrected chi connectivity index (χ4v) is 2.99. The molecule has 0 unspecified atom stereocenters. The molecule has 108 valence electrons. The summed E-state index contributed by atoms with van der Waals surface area (Å²) in [5.41, 5.74) is 2.13. The molecular formula is C15H23N5. The van der Waals surface area contributed by atoms with Gasteiger partial charge in [0.25, 0.3) is 0 Å². The van der Waals surface area contributed by atoms with E-state index in [9.17, 15) is 0 Å². The molecule has 0 spiro atoms. The van der Waals surface area contributed by atoms with Gasteiger partial charge in [0.15, 0.2) is 5.65 Å². The van der Waals surface area contributed by atoms with Gasteiger partial charge in [0.05, 0.1) is 0 Å². The van der Waals surface area contributed by atoms with E-state index in [1.54, 1.807) is 6.33 Å². The summed E-state index contributed by atoms with van der Waals surface area (Å²) in [5.74, 6) is 1.06. The molecule has 0 amide bonds. The predicted octanol–water partition coefficient (Wildman–Crippen LogP) is 2.32. The first-order valence-electron chi connectivity index (χ1n) is 7.55. The van der Waals surface area contributed by atoms with E-state index in [0.717, 1.165) is 11.5 Å². The number of anilines is 1. The smallest absolute Gasteiger partial charge is 0.157 e. The van der Waals surface area contributed by atoms with Crippen LogP contribution >= 0.6 is 0 Å². The van der Waals surface area contributed by atoms with Crippen molar-refractivity contribution in [2.75, 3.05) is 25.0 Å². The average molecular weight is 273 g/mol. The first kappa shape index (κ1) is 13.4. The van der Waals surface area contributed by atoms with E-state index < -0.39 is 0 Å². The zero-order valence-electron chi connectivity index (χ0n) is 12.3. The monoisotopic (exact) mass is 273 g/mol. The molecule has 1 aliphatic rings. The highest BCUT2D eigenvalue weighted by Crippen LogP contribution is 2.18. The molecular weight excluding hydrogens is 250 g/mol. The van der Waals surface area contributed by atoms with Crippen molar-refractivity contribution >= 4 is 11.5 Å². The van der Waals surface area contributed by atoms with Crippen molar-refractivity contribution in [3.05, 3.63) is 24.0 Å². The Bertz CT molecular complexity index is 569. The minimum Gasteiger partial charge on any atom is -0.367 e.